The molecule has 2 rings (SSSR count). The Labute approximate surface area is 134 Å². The Morgan fingerprint density at radius 1 is 1.17 bits per heavy atom. The average molecular weight is 313 g/mol. The number of hydrogen-bond acceptors (Lipinski definition) is 4. The predicted molar refractivity (Wildman–Crippen MR) is 86.4 cm³/mol. The molecule has 0 aliphatic rings. The van der Waals surface area contributed by atoms with Gasteiger partial charge in [-0.3, -0.25) is 9.59 Å². The van der Waals surface area contributed by atoms with Crippen LogP contribution in [0.15, 0.2) is 53.0 Å². The van der Waals surface area contributed by atoms with Gasteiger partial charge in [-0.1, -0.05) is 30.3 Å². The molecule has 2 aromatic rings. The van der Waals surface area contributed by atoms with Crippen molar-refractivity contribution in [2.45, 2.75) is 19.4 Å². The molecule has 0 saturated heterocycles. The van der Waals surface area contributed by atoms with Crippen molar-refractivity contribution >= 4 is 18.0 Å². The number of aryl methyl sites for hydroxylation is 1. The van der Waals surface area contributed by atoms with E-state index in [1.54, 1.807) is 18.2 Å². The van der Waals surface area contributed by atoms with E-state index in [1.165, 1.54) is 13.2 Å². The summed E-state index contributed by atoms with van der Waals surface area (Å²) in [5.74, 6) is 0.777. The summed E-state index contributed by atoms with van der Waals surface area (Å²) >= 11 is 0. The molecule has 23 heavy (non-hydrogen) atoms. The number of ether oxygens (including phenoxy) is 1. The monoisotopic (exact) mass is 313 g/mol. The van der Waals surface area contributed by atoms with Crippen molar-refractivity contribution in [2.75, 3.05) is 7.11 Å². The first-order chi connectivity index (χ1) is 11.2. The highest BCUT2D eigenvalue weighted by molar-refractivity contribution is 5.91. The predicted octanol–water partition coefficient (Wildman–Crippen LogP) is 2.71. The molecule has 0 fully saturated rings. The van der Waals surface area contributed by atoms with Crippen LogP contribution in [0.4, 0.5) is 0 Å². The van der Waals surface area contributed by atoms with Gasteiger partial charge in [0.15, 0.2) is 0 Å². The number of methoxy groups -OCH3 is 1. The Kier molecular flexibility index (Phi) is 6.17. The second kappa shape index (κ2) is 8.58. The molecule has 0 saturated carbocycles. The van der Waals surface area contributed by atoms with E-state index < -0.39 is 0 Å². The normalized spacial score (nSPS) is 10.7. The topological polar surface area (TPSA) is 68.5 Å². The van der Waals surface area contributed by atoms with Crippen molar-refractivity contribution in [3.8, 4) is 0 Å². The molecule has 5 nitrogen and oxygen atoms in total. The third-order valence-electron chi connectivity index (χ3n) is 3.19. The Balaban J connectivity index is 1.79. The number of amides is 1. The lowest BCUT2D eigenvalue weighted by Crippen LogP contribution is -2.20. The van der Waals surface area contributed by atoms with Crippen LogP contribution in [0, 0.1) is 0 Å². The highest BCUT2D eigenvalue weighted by Crippen LogP contribution is 2.11. The number of nitrogens with one attached hydrogen (secondary N) is 1. The van der Waals surface area contributed by atoms with Gasteiger partial charge in [-0.05, 0) is 23.8 Å². The largest absolute Gasteiger partial charge is 0.469 e. The Morgan fingerprint density at radius 3 is 2.70 bits per heavy atom. The average Bonchev–Trinajstić information content (AvgIpc) is 3.05. The maximum absolute atomic E-state index is 11.7. The van der Waals surface area contributed by atoms with Crippen molar-refractivity contribution in [3.63, 3.8) is 0 Å². The van der Waals surface area contributed by atoms with Gasteiger partial charge in [0.1, 0.15) is 11.5 Å². The van der Waals surface area contributed by atoms with Crippen molar-refractivity contribution in [3.05, 3.63) is 65.6 Å². The molecule has 0 aliphatic heterocycles. The molecule has 0 radical (unpaired) electrons. The van der Waals surface area contributed by atoms with Gasteiger partial charge >= 0.3 is 5.97 Å². The number of carbonyl (C=O) groups is 2. The second-order valence-corrected chi connectivity index (χ2v) is 4.92. The third-order valence-corrected chi connectivity index (χ3v) is 3.19. The van der Waals surface area contributed by atoms with E-state index in [1.807, 2.05) is 30.3 Å². The first-order valence-electron chi connectivity index (χ1n) is 7.33. The molecule has 1 aromatic carbocycles. The quantitative estimate of drug-likeness (QED) is 0.630. The van der Waals surface area contributed by atoms with Gasteiger partial charge in [-0.15, -0.1) is 0 Å². The fourth-order valence-corrected chi connectivity index (χ4v) is 1.95. The zero-order valence-electron chi connectivity index (χ0n) is 13.0. The lowest BCUT2D eigenvalue weighted by atomic mass is 10.2. The van der Waals surface area contributed by atoms with Gasteiger partial charge in [0, 0.05) is 19.0 Å². The number of hydrogen-bond donors (Lipinski definition) is 1. The molecular weight excluding hydrogens is 294 g/mol. The van der Waals surface area contributed by atoms with Crippen LogP contribution >= 0.6 is 0 Å². The fourth-order valence-electron chi connectivity index (χ4n) is 1.95. The van der Waals surface area contributed by atoms with Crippen LogP contribution in [-0.4, -0.2) is 19.0 Å². The van der Waals surface area contributed by atoms with E-state index in [9.17, 15) is 9.59 Å². The van der Waals surface area contributed by atoms with Gasteiger partial charge in [0.05, 0.1) is 13.5 Å². The first-order valence-corrected chi connectivity index (χ1v) is 7.33. The summed E-state index contributed by atoms with van der Waals surface area (Å²) in [6, 6.07) is 13.2. The summed E-state index contributed by atoms with van der Waals surface area (Å²) in [4.78, 5) is 22.8. The fraction of sp³-hybridized carbons (Fsp3) is 0.222. The van der Waals surface area contributed by atoms with E-state index in [4.69, 9.17) is 4.42 Å². The molecule has 1 N–H and O–H groups in total. The van der Waals surface area contributed by atoms with Crippen LogP contribution in [0.2, 0.25) is 0 Å². The van der Waals surface area contributed by atoms with E-state index in [0.717, 1.165) is 5.56 Å². The number of carbonyl (C=O) groups excluding carboxylic acids is 2. The van der Waals surface area contributed by atoms with E-state index in [2.05, 4.69) is 10.1 Å². The maximum atomic E-state index is 11.7. The summed E-state index contributed by atoms with van der Waals surface area (Å²) in [6.45, 7) is 0.479. The Hall–Kier alpha value is -2.82. The Bertz CT molecular complexity index is 673. The van der Waals surface area contributed by atoms with Crippen molar-refractivity contribution in [2.24, 2.45) is 0 Å². The molecule has 1 heterocycles. The zero-order valence-corrected chi connectivity index (χ0v) is 13.0. The highest BCUT2D eigenvalue weighted by Gasteiger charge is 2.05. The zero-order chi connectivity index (χ0) is 16.5. The first kappa shape index (κ1) is 16.5. The van der Waals surface area contributed by atoms with Crippen LogP contribution < -0.4 is 5.32 Å². The maximum Gasteiger partial charge on any atom is 0.305 e. The van der Waals surface area contributed by atoms with Gasteiger partial charge in [0.25, 0.3) is 0 Å². The number of esters is 1. The van der Waals surface area contributed by atoms with E-state index in [0.29, 0.717) is 24.5 Å². The summed E-state index contributed by atoms with van der Waals surface area (Å²) < 4.78 is 10.1. The van der Waals surface area contributed by atoms with Crippen molar-refractivity contribution < 1.29 is 18.7 Å². The molecule has 0 aliphatic carbocycles. The molecule has 0 atom stereocenters. The van der Waals surface area contributed by atoms with Crippen LogP contribution in [0.3, 0.4) is 0 Å². The summed E-state index contributed by atoms with van der Waals surface area (Å²) in [5.41, 5.74) is 1.04. The standard InChI is InChI=1S/C18H19NO4/c1-22-18(21)12-10-16-8-7-15(23-16)9-11-17(20)19-13-14-5-3-2-4-6-14/h2-9,11H,10,12-13H2,1H3,(H,19,20)/b11-9+. The SMILES string of the molecule is COC(=O)CCc1ccc(/C=C/C(=O)NCc2ccccc2)o1. The van der Waals surface area contributed by atoms with Gasteiger partial charge in [0.2, 0.25) is 5.91 Å². The molecule has 0 unspecified atom stereocenters. The van der Waals surface area contributed by atoms with Crippen LogP contribution in [0.5, 0.6) is 0 Å². The van der Waals surface area contributed by atoms with Crippen molar-refractivity contribution in [1.29, 1.82) is 0 Å². The second-order valence-electron chi connectivity index (χ2n) is 4.92. The lowest BCUT2D eigenvalue weighted by Gasteiger charge is -2.01. The molecule has 0 spiro atoms. The minimum absolute atomic E-state index is 0.193. The molecule has 0 bridgehead atoms. The molecule has 5 heteroatoms. The molecule has 1 aromatic heterocycles. The highest BCUT2D eigenvalue weighted by atomic mass is 16.5. The summed E-state index contributed by atoms with van der Waals surface area (Å²) in [6.07, 6.45) is 3.76. The van der Waals surface area contributed by atoms with Crippen LogP contribution in [-0.2, 0) is 27.3 Å². The van der Waals surface area contributed by atoms with Gasteiger partial charge in [-0.25, -0.2) is 0 Å². The smallest absolute Gasteiger partial charge is 0.305 e. The molecular formula is C18H19NO4. The van der Waals surface area contributed by atoms with Crippen LogP contribution in [0.1, 0.15) is 23.5 Å². The minimum atomic E-state index is -0.279. The van der Waals surface area contributed by atoms with Crippen molar-refractivity contribution in [1.82, 2.24) is 5.32 Å². The summed E-state index contributed by atoms with van der Waals surface area (Å²) in [7, 11) is 1.35. The molecule has 1 amide bonds. The van der Waals surface area contributed by atoms with Crippen LogP contribution in [0.25, 0.3) is 6.08 Å². The van der Waals surface area contributed by atoms with Gasteiger partial charge < -0.3 is 14.5 Å². The Morgan fingerprint density at radius 2 is 1.96 bits per heavy atom. The third kappa shape index (κ3) is 5.82. The summed E-state index contributed by atoms with van der Waals surface area (Å²) in [5, 5.41) is 2.80. The minimum Gasteiger partial charge on any atom is -0.469 e. The molecule has 120 valence electrons. The van der Waals surface area contributed by atoms with E-state index >= 15 is 0 Å². The number of benzene rings is 1. The number of furan rings is 1. The lowest BCUT2D eigenvalue weighted by molar-refractivity contribution is -0.140. The number of rotatable bonds is 7. The van der Waals surface area contributed by atoms with Gasteiger partial charge in [-0.2, -0.15) is 0 Å². The van der Waals surface area contributed by atoms with E-state index in [-0.39, 0.29) is 18.3 Å².